The maximum atomic E-state index is 6.59. The summed E-state index contributed by atoms with van der Waals surface area (Å²) in [5.41, 5.74) is 18.3. The molecule has 62 heavy (non-hydrogen) atoms. The highest BCUT2D eigenvalue weighted by atomic mass is 16.3. The molecule has 0 atom stereocenters. The molecule has 0 bridgehead atoms. The van der Waals surface area contributed by atoms with Crippen LogP contribution in [0.1, 0.15) is 25.0 Å². The van der Waals surface area contributed by atoms with E-state index in [9.17, 15) is 0 Å². The van der Waals surface area contributed by atoms with Gasteiger partial charge in [0.1, 0.15) is 11.2 Å². The van der Waals surface area contributed by atoms with Gasteiger partial charge in [-0.25, -0.2) is 9.97 Å². The Morgan fingerprint density at radius 1 is 0.371 bits per heavy atom. The summed E-state index contributed by atoms with van der Waals surface area (Å²) in [6.07, 6.45) is 0. The molecule has 2 heterocycles. The number of para-hydroxylation sites is 1. The van der Waals surface area contributed by atoms with Crippen molar-refractivity contribution < 1.29 is 4.42 Å². The molecule has 3 heteroatoms. The summed E-state index contributed by atoms with van der Waals surface area (Å²) >= 11 is 0. The van der Waals surface area contributed by atoms with Gasteiger partial charge in [-0.05, 0) is 103 Å². The average molecular weight is 793 g/mol. The first kappa shape index (κ1) is 36.0. The fourth-order valence-electron chi connectivity index (χ4n) is 9.88. The minimum Gasteiger partial charge on any atom is -0.456 e. The van der Waals surface area contributed by atoms with Crippen LogP contribution in [0.5, 0.6) is 0 Å². The summed E-state index contributed by atoms with van der Waals surface area (Å²) in [6.45, 7) is 4.72. The van der Waals surface area contributed by atoms with Crippen LogP contribution in [0, 0.1) is 0 Å². The smallest absolute Gasteiger partial charge is 0.160 e. The SMILES string of the molecule is CC1(C)c2cc3ccccc3cc2-c2c(-c3ccccc3-c3cc(-c4ccccc4-c4cc(-c5ccccc5)cc5oc6ccccc6c45)nc(-c4ccccc4)n3)cccc21. The maximum absolute atomic E-state index is 6.59. The van der Waals surface area contributed by atoms with E-state index in [0.717, 1.165) is 77.8 Å². The Hall–Kier alpha value is -7.88. The number of fused-ring (bicyclic) bond motifs is 7. The number of hydrogen-bond acceptors (Lipinski definition) is 3. The first-order valence-corrected chi connectivity index (χ1v) is 21.3. The summed E-state index contributed by atoms with van der Waals surface area (Å²) in [4.78, 5) is 10.8. The van der Waals surface area contributed by atoms with Gasteiger partial charge in [0.15, 0.2) is 5.82 Å². The zero-order valence-electron chi connectivity index (χ0n) is 34.4. The summed E-state index contributed by atoms with van der Waals surface area (Å²) < 4.78 is 6.59. The van der Waals surface area contributed by atoms with Crippen molar-refractivity contribution in [1.29, 1.82) is 0 Å². The number of benzene rings is 9. The molecule has 0 spiro atoms. The van der Waals surface area contributed by atoms with E-state index in [4.69, 9.17) is 14.4 Å². The van der Waals surface area contributed by atoms with Gasteiger partial charge in [-0.3, -0.25) is 0 Å². The van der Waals surface area contributed by atoms with Gasteiger partial charge in [0, 0.05) is 32.9 Å². The Balaban J connectivity index is 1.09. The lowest BCUT2D eigenvalue weighted by atomic mass is 9.81. The van der Waals surface area contributed by atoms with Gasteiger partial charge < -0.3 is 4.42 Å². The number of hydrogen-bond donors (Lipinski definition) is 0. The van der Waals surface area contributed by atoms with Crippen molar-refractivity contribution in [1.82, 2.24) is 9.97 Å². The molecular formula is C59H40N2O. The summed E-state index contributed by atoms with van der Waals surface area (Å²) in [6, 6.07) is 73.6. The van der Waals surface area contributed by atoms with Crippen LogP contribution >= 0.6 is 0 Å². The maximum Gasteiger partial charge on any atom is 0.160 e. The van der Waals surface area contributed by atoms with Crippen LogP contribution in [0.15, 0.2) is 211 Å². The molecule has 0 N–H and O–H groups in total. The fraction of sp³-hybridized carbons (Fsp3) is 0.0508. The third-order valence-electron chi connectivity index (χ3n) is 12.9. The van der Waals surface area contributed by atoms with Gasteiger partial charge in [-0.15, -0.1) is 0 Å². The molecule has 11 aromatic rings. The number of rotatable bonds is 6. The zero-order valence-corrected chi connectivity index (χ0v) is 34.4. The molecule has 12 rings (SSSR count). The summed E-state index contributed by atoms with van der Waals surface area (Å²) in [5, 5.41) is 4.69. The van der Waals surface area contributed by atoms with Crippen LogP contribution in [0.4, 0.5) is 0 Å². The highest BCUT2D eigenvalue weighted by Crippen LogP contribution is 2.54. The first-order valence-electron chi connectivity index (χ1n) is 21.3. The molecule has 3 nitrogen and oxygen atoms in total. The minimum atomic E-state index is -0.157. The third-order valence-corrected chi connectivity index (χ3v) is 12.9. The van der Waals surface area contributed by atoms with Crippen molar-refractivity contribution in [2.24, 2.45) is 0 Å². The second-order valence-electron chi connectivity index (χ2n) is 16.9. The molecule has 0 fully saturated rings. The van der Waals surface area contributed by atoms with Crippen molar-refractivity contribution in [2.45, 2.75) is 19.3 Å². The van der Waals surface area contributed by atoms with E-state index >= 15 is 0 Å². The fourth-order valence-corrected chi connectivity index (χ4v) is 9.88. The molecule has 1 aliphatic rings. The second-order valence-corrected chi connectivity index (χ2v) is 16.9. The van der Waals surface area contributed by atoms with Crippen molar-refractivity contribution in [3.63, 3.8) is 0 Å². The molecule has 9 aromatic carbocycles. The first-order chi connectivity index (χ1) is 30.5. The van der Waals surface area contributed by atoms with Crippen LogP contribution < -0.4 is 0 Å². The molecule has 0 amide bonds. The van der Waals surface area contributed by atoms with E-state index < -0.39 is 0 Å². The minimum absolute atomic E-state index is 0.157. The van der Waals surface area contributed by atoms with E-state index in [2.05, 4.69) is 208 Å². The van der Waals surface area contributed by atoms with E-state index in [0.29, 0.717) is 5.82 Å². The predicted molar refractivity (Wildman–Crippen MR) is 257 cm³/mol. The highest BCUT2D eigenvalue weighted by molar-refractivity contribution is 6.15. The van der Waals surface area contributed by atoms with Crippen LogP contribution in [-0.2, 0) is 5.41 Å². The lowest BCUT2D eigenvalue weighted by Gasteiger charge is -2.22. The topological polar surface area (TPSA) is 38.9 Å². The summed E-state index contributed by atoms with van der Waals surface area (Å²) in [5.74, 6) is 0.677. The van der Waals surface area contributed by atoms with E-state index in [1.54, 1.807) is 0 Å². The van der Waals surface area contributed by atoms with Crippen molar-refractivity contribution in [3.05, 3.63) is 217 Å². The van der Waals surface area contributed by atoms with Crippen LogP contribution in [0.25, 0.3) is 111 Å². The molecule has 0 aliphatic heterocycles. The highest BCUT2D eigenvalue weighted by Gasteiger charge is 2.37. The molecular weight excluding hydrogens is 753 g/mol. The van der Waals surface area contributed by atoms with Crippen LogP contribution in [-0.4, -0.2) is 9.97 Å². The van der Waals surface area contributed by atoms with Crippen LogP contribution in [0.2, 0.25) is 0 Å². The number of nitrogens with zero attached hydrogens (tertiary/aromatic N) is 2. The van der Waals surface area contributed by atoms with Gasteiger partial charge in [0.05, 0.1) is 11.4 Å². The normalized spacial score (nSPS) is 12.8. The summed E-state index contributed by atoms with van der Waals surface area (Å²) in [7, 11) is 0. The standard InChI is InChI=1S/C59H40N2O/c1-59(2)50-30-17-29-46(56(50)49-32-39-22-9-10-23-40(39)34-51(49)59)42-24-11-13-26-44(42)52-36-53(61-58(60-52)38-20-7-4-8-21-38)45-27-14-12-25-43(45)48-33-41(37-18-5-3-6-19-37)35-55-57(48)47-28-15-16-31-54(47)62-55/h3-36H,1-2H3. The Kier molecular flexibility index (Phi) is 8.20. The van der Waals surface area contributed by atoms with Gasteiger partial charge in [-0.1, -0.05) is 184 Å². The van der Waals surface area contributed by atoms with Gasteiger partial charge in [0.2, 0.25) is 0 Å². The molecule has 0 unspecified atom stereocenters. The largest absolute Gasteiger partial charge is 0.456 e. The Morgan fingerprint density at radius 3 is 1.65 bits per heavy atom. The predicted octanol–water partition coefficient (Wildman–Crippen LogP) is 15.8. The lowest BCUT2D eigenvalue weighted by Crippen LogP contribution is -2.14. The molecule has 2 aromatic heterocycles. The average Bonchev–Trinajstić information content (AvgIpc) is 3.82. The molecule has 0 saturated heterocycles. The number of furan rings is 1. The van der Waals surface area contributed by atoms with Gasteiger partial charge in [0.25, 0.3) is 0 Å². The molecule has 1 aliphatic carbocycles. The van der Waals surface area contributed by atoms with Crippen LogP contribution in [0.3, 0.4) is 0 Å². The van der Waals surface area contributed by atoms with Crippen molar-refractivity contribution >= 4 is 32.7 Å². The number of aromatic nitrogens is 2. The zero-order chi connectivity index (χ0) is 41.4. The quantitative estimate of drug-likeness (QED) is 0.168. The molecule has 292 valence electrons. The van der Waals surface area contributed by atoms with Gasteiger partial charge in [-0.2, -0.15) is 0 Å². The lowest BCUT2D eigenvalue weighted by molar-refractivity contribution is 0.661. The molecule has 0 radical (unpaired) electrons. The van der Waals surface area contributed by atoms with E-state index in [-0.39, 0.29) is 5.41 Å². The van der Waals surface area contributed by atoms with E-state index in [1.807, 2.05) is 12.1 Å². The van der Waals surface area contributed by atoms with Crippen molar-refractivity contribution in [2.75, 3.05) is 0 Å². The van der Waals surface area contributed by atoms with Crippen molar-refractivity contribution in [3.8, 4) is 78.4 Å². The third kappa shape index (κ3) is 5.73. The molecule has 0 saturated carbocycles. The van der Waals surface area contributed by atoms with E-state index in [1.165, 1.54) is 38.6 Å². The Labute approximate surface area is 360 Å². The Bertz CT molecular complexity index is 3540. The second kappa shape index (κ2) is 14.1. The monoisotopic (exact) mass is 792 g/mol. The Morgan fingerprint density at radius 2 is 0.935 bits per heavy atom. The van der Waals surface area contributed by atoms with Gasteiger partial charge >= 0.3 is 0 Å².